The first-order valence-corrected chi connectivity index (χ1v) is 13.0. The first-order chi connectivity index (χ1) is 13.9. The zero-order chi connectivity index (χ0) is 20.6. The molecule has 3 heterocycles. The van der Waals surface area contributed by atoms with Gasteiger partial charge in [-0.25, -0.2) is 4.98 Å². The quantitative estimate of drug-likeness (QED) is 0.449. The Labute approximate surface area is 174 Å². The second-order valence-electron chi connectivity index (χ2n) is 9.01. The summed E-state index contributed by atoms with van der Waals surface area (Å²) in [5.41, 5.74) is 3.63. The van der Waals surface area contributed by atoms with Gasteiger partial charge in [0.2, 0.25) is 0 Å². The summed E-state index contributed by atoms with van der Waals surface area (Å²) in [5.74, 6) is 0.799. The van der Waals surface area contributed by atoms with Gasteiger partial charge in [-0.3, -0.25) is 4.79 Å². The van der Waals surface area contributed by atoms with Crippen LogP contribution in [0, 0.1) is 5.41 Å². The fraction of sp³-hybridized carbons (Fsp3) is 0.565. The summed E-state index contributed by atoms with van der Waals surface area (Å²) in [4.78, 5) is 20.9. The lowest BCUT2D eigenvalue weighted by Crippen LogP contribution is -2.53. The van der Waals surface area contributed by atoms with E-state index in [2.05, 4.69) is 25.0 Å². The Balaban J connectivity index is 1.60. The van der Waals surface area contributed by atoms with Gasteiger partial charge >= 0.3 is 5.97 Å². The molecule has 0 amide bonds. The molecule has 0 bridgehead atoms. The van der Waals surface area contributed by atoms with Crippen LogP contribution in [-0.2, 0) is 26.1 Å². The number of hydrogen-bond donors (Lipinski definition) is 1. The minimum atomic E-state index is -0.684. The molecule has 0 aliphatic carbocycles. The lowest BCUT2D eigenvalue weighted by Gasteiger charge is -2.39. The van der Waals surface area contributed by atoms with Crippen molar-refractivity contribution < 1.29 is 14.3 Å². The summed E-state index contributed by atoms with van der Waals surface area (Å²) in [6, 6.07) is 8.71. The van der Waals surface area contributed by atoms with Gasteiger partial charge in [0.25, 0.3) is 0 Å². The van der Waals surface area contributed by atoms with Gasteiger partial charge in [0.1, 0.15) is 11.2 Å². The zero-order valence-electron chi connectivity index (χ0n) is 17.8. The maximum atomic E-state index is 12.6. The highest BCUT2D eigenvalue weighted by atomic mass is 28.3. The Hall–Kier alpha value is -1.92. The average molecular weight is 412 g/mol. The zero-order valence-corrected chi connectivity index (χ0v) is 18.8. The second kappa shape index (κ2) is 7.72. The number of esters is 1. The normalized spacial score (nSPS) is 24.9. The Bertz CT molecular complexity index is 933. The highest BCUT2D eigenvalue weighted by Crippen LogP contribution is 2.41. The van der Waals surface area contributed by atoms with Crippen molar-refractivity contribution in [2.75, 3.05) is 19.8 Å². The molecule has 29 heavy (non-hydrogen) atoms. The molecule has 155 valence electrons. The van der Waals surface area contributed by atoms with Crippen molar-refractivity contribution in [2.24, 2.45) is 5.41 Å². The summed E-state index contributed by atoms with van der Waals surface area (Å²) in [5, 5.41) is 0. The molecule has 1 aromatic carbocycles. The fourth-order valence-electron chi connectivity index (χ4n) is 4.46. The van der Waals surface area contributed by atoms with E-state index >= 15 is 0 Å². The van der Waals surface area contributed by atoms with Crippen LogP contribution in [0.25, 0.3) is 11.0 Å². The molecule has 0 spiro atoms. The molecule has 2 saturated heterocycles. The number of rotatable bonds is 5. The number of benzene rings is 1. The number of aromatic amines is 1. The molecule has 1 radical (unpaired) electrons. The number of allylic oxidation sites excluding steroid dienone is 1. The van der Waals surface area contributed by atoms with Gasteiger partial charge in [-0.1, -0.05) is 43.8 Å². The smallest absolute Gasteiger partial charge is 0.321 e. The number of H-pyrrole nitrogens is 1. The lowest BCUT2D eigenvalue weighted by atomic mass is 9.76. The van der Waals surface area contributed by atoms with Gasteiger partial charge < -0.3 is 14.5 Å². The molecule has 2 aliphatic rings. The first kappa shape index (κ1) is 20.4. The first-order valence-electron chi connectivity index (χ1n) is 10.6. The predicted octanol–water partition coefficient (Wildman–Crippen LogP) is 4.42. The van der Waals surface area contributed by atoms with E-state index in [1.807, 2.05) is 25.1 Å². The van der Waals surface area contributed by atoms with Gasteiger partial charge in [0.15, 0.2) is 0 Å². The van der Waals surface area contributed by atoms with Crippen LogP contribution in [-0.4, -0.2) is 44.6 Å². The summed E-state index contributed by atoms with van der Waals surface area (Å²) in [6.45, 7) is 12.2. The Morgan fingerprint density at radius 1 is 1.38 bits per heavy atom. The molecule has 6 heteroatoms. The number of carbonyl (C=O) groups excluding carboxylic acids is 1. The van der Waals surface area contributed by atoms with E-state index in [0.717, 1.165) is 35.3 Å². The van der Waals surface area contributed by atoms with E-state index in [1.54, 1.807) is 0 Å². The van der Waals surface area contributed by atoms with Crippen LogP contribution in [0.15, 0.2) is 30.4 Å². The highest BCUT2D eigenvalue weighted by molar-refractivity contribution is 6.57. The number of aromatic nitrogens is 2. The maximum absolute atomic E-state index is 12.6. The topological polar surface area (TPSA) is 64.2 Å². The van der Waals surface area contributed by atoms with Crippen molar-refractivity contribution in [1.82, 2.24) is 9.97 Å². The van der Waals surface area contributed by atoms with Crippen LogP contribution < -0.4 is 0 Å². The van der Waals surface area contributed by atoms with Crippen LogP contribution in [0.2, 0.25) is 18.6 Å². The molecule has 0 saturated carbocycles. The van der Waals surface area contributed by atoms with E-state index in [9.17, 15) is 4.79 Å². The predicted molar refractivity (Wildman–Crippen MR) is 117 cm³/mol. The molecule has 0 unspecified atom stereocenters. The van der Waals surface area contributed by atoms with Gasteiger partial charge in [-0.2, -0.15) is 0 Å². The molecular weight excluding hydrogens is 380 g/mol. The number of fused-ring (bicyclic) bond motifs is 1. The summed E-state index contributed by atoms with van der Waals surface area (Å²) < 4.78 is 10.7. The van der Waals surface area contributed by atoms with E-state index in [0.29, 0.717) is 19.8 Å². The van der Waals surface area contributed by atoms with Gasteiger partial charge in [0, 0.05) is 15.2 Å². The van der Waals surface area contributed by atoms with Crippen LogP contribution in [0.1, 0.15) is 38.1 Å². The van der Waals surface area contributed by atoms with Crippen LogP contribution in [0.4, 0.5) is 0 Å². The Morgan fingerprint density at radius 3 is 2.86 bits per heavy atom. The second-order valence-corrected chi connectivity index (χ2v) is 11.9. The molecule has 1 aromatic heterocycles. The average Bonchev–Trinajstić information content (AvgIpc) is 2.99. The Morgan fingerprint density at radius 2 is 2.17 bits per heavy atom. The van der Waals surface area contributed by atoms with Crippen LogP contribution in [0.5, 0.6) is 0 Å². The Kier molecular flexibility index (Phi) is 5.42. The minimum Gasteiger partial charge on any atom is -0.465 e. The van der Waals surface area contributed by atoms with Crippen molar-refractivity contribution in [3.63, 3.8) is 0 Å². The van der Waals surface area contributed by atoms with Crippen molar-refractivity contribution >= 4 is 25.8 Å². The number of nitrogens with one attached hydrogen (secondary N) is 1. The molecule has 2 aromatic rings. The fourth-order valence-corrected chi connectivity index (χ4v) is 6.42. The largest absolute Gasteiger partial charge is 0.465 e. The monoisotopic (exact) mass is 411 g/mol. The molecule has 2 aliphatic heterocycles. The number of carbonyl (C=O) groups is 1. The van der Waals surface area contributed by atoms with Gasteiger partial charge in [0.05, 0.1) is 30.9 Å². The summed E-state index contributed by atoms with van der Waals surface area (Å²) in [7, 11) is -0.225. The van der Waals surface area contributed by atoms with E-state index in [-0.39, 0.29) is 20.2 Å². The summed E-state index contributed by atoms with van der Waals surface area (Å²) >= 11 is 0. The van der Waals surface area contributed by atoms with Gasteiger partial charge in [-0.05, 0) is 42.9 Å². The highest BCUT2D eigenvalue weighted by Gasteiger charge is 2.49. The molecule has 1 N–H and O–H groups in total. The number of imidazole rings is 1. The van der Waals surface area contributed by atoms with E-state index in [1.165, 1.54) is 24.1 Å². The molecular formula is C23H31N2O3Si. The standard InChI is InChI=1S/C23H31N2O3Si/c1-5-28-21(26)23(14-27-15-23)17-6-7-18-19(12-17)25-20(24-18)13-22(3)9-11-29(4)10-8-16(22)2/h6-7,12H,2,5,8-11,13-15H2,1,3-4H3,(H,24,25)/t22-/m0/s1. The SMILES string of the molecule is C=C1CC[Si](C)CC[C@@]1(C)Cc1nc2ccc(C3(C(=O)OCC)COC3)cc2[nH]1. The molecule has 4 rings (SSSR count). The third-order valence-electron chi connectivity index (χ3n) is 6.81. The van der Waals surface area contributed by atoms with Crippen molar-refractivity contribution in [3.05, 3.63) is 41.7 Å². The van der Waals surface area contributed by atoms with Crippen LogP contribution in [0.3, 0.4) is 0 Å². The number of hydrogen-bond acceptors (Lipinski definition) is 4. The third-order valence-corrected chi connectivity index (χ3v) is 9.02. The van der Waals surface area contributed by atoms with Crippen molar-refractivity contribution in [2.45, 2.75) is 57.2 Å². The van der Waals surface area contributed by atoms with E-state index < -0.39 is 5.41 Å². The molecule has 1 atom stereocenters. The lowest BCUT2D eigenvalue weighted by molar-refractivity contribution is -0.169. The molecule has 5 nitrogen and oxygen atoms in total. The third kappa shape index (κ3) is 3.68. The van der Waals surface area contributed by atoms with Gasteiger partial charge in [-0.15, -0.1) is 0 Å². The molecule has 2 fully saturated rings. The summed E-state index contributed by atoms with van der Waals surface area (Å²) in [6.07, 6.45) is 3.23. The maximum Gasteiger partial charge on any atom is 0.321 e. The number of ether oxygens (including phenoxy) is 2. The van der Waals surface area contributed by atoms with Crippen LogP contribution >= 0.6 is 0 Å². The van der Waals surface area contributed by atoms with E-state index in [4.69, 9.17) is 14.5 Å². The van der Waals surface area contributed by atoms with Crippen molar-refractivity contribution in [3.8, 4) is 0 Å². The minimum absolute atomic E-state index is 0.104. The van der Waals surface area contributed by atoms with Crippen molar-refractivity contribution in [1.29, 1.82) is 0 Å². The number of nitrogens with zero attached hydrogens (tertiary/aromatic N) is 1.